The van der Waals surface area contributed by atoms with E-state index < -0.39 is 5.54 Å². The van der Waals surface area contributed by atoms with Crippen LogP contribution >= 0.6 is 0 Å². The summed E-state index contributed by atoms with van der Waals surface area (Å²) in [5, 5.41) is 12.0. The van der Waals surface area contributed by atoms with Crippen molar-refractivity contribution in [2.45, 2.75) is 26.3 Å². The summed E-state index contributed by atoms with van der Waals surface area (Å²) in [4.78, 5) is 18.2. The van der Waals surface area contributed by atoms with Crippen LogP contribution in [0.25, 0.3) is 0 Å². The molecule has 1 amide bonds. The number of amides is 1. The zero-order chi connectivity index (χ0) is 13.3. The van der Waals surface area contributed by atoms with Crippen LogP contribution in [0.3, 0.4) is 0 Å². The van der Waals surface area contributed by atoms with E-state index in [1.807, 2.05) is 25.7 Å². The minimum Gasteiger partial charge on any atom is -0.352 e. The lowest BCUT2D eigenvalue weighted by Gasteiger charge is -2.42. The van der Waals surface area contributed by atoms with Crippen molar-refractivity contribution in [1.29, 1.82) is 5.26 Å². The van der Waals surface area contributed by atoms with Crippen molar-refractivity contribution in [3.63, 3.8) is 0 Å². The first-order valence-electron chi connectivity index (χ1n) is 5.90. The zero-order valence-electron chi connectivity index (χ0n) is 10.8. The molecule has 18 heavy (non-hydrogen) atoms. The predicted octanol–water partition coefficient (Wildman–Crippen LogP) is 0.976. The van der Waals surface area contributed by atoms with E-state index in [4.69, 9.17) is 5.26 Å². The maximum absolute atomic E-state index is 11.9. The maximum Gasteiger partial charge on any atom is 0.245 e. The van der Waals surface area contributed by atoms with Gasteiger partial charge in [-0.3, -0.25) is 4.79 Å². The second-order valence-corrected chi connectivity index (χ2v) is 4.90. The highest BCUT2D eigenvalue weighted by atomic mass is 16.2. The largest absolute Gasteiger partial charge is 0.352 e. The van der Waals surface area contributed by atoms with Gasteiger partial charge in [-0.15, -0.1) is 0 Å². The summed E-state index contributed by atoms with van der Waals surface area (Å²) < 4.78 is 0. The fourth-order valence-corrected chi connectivity index (χ4v) is 2.11. The molecule has 1 fully saturated rings. The SMILES string of the molecule is Cc1ccc(C#N)c(N2CCNC(=O)C2(C)C)n1. The third-order valence-corrected chi connectivity index (χ3v) is 3.24. The van der Waals surface area contributed by atoms with E-state index in [-0.39, 0.29) is 5.91 Å². The molecule has 5 nitrogen and oxygen atoms in total. The molecule has 1 aliphatic rings. The Morgan fingerprint density at radius 3 is 2.89 bits per heavy atom. The number of aryl methyl sites for hydroxylation is 1. The van der Waals surface area contributed by atoms with Gasteiger partial charge in [-0.05, 0) is 32.9 Å². The molecule has 0 bridgehead atoms. The van der Waals surface area contributed by atoms with Crippen molar-refractivity contribution in [3.05, 3.63) is 23.4 Å². The number of nitrogens with one attached hydrogen (secondary N) is 1. The van der Waals surface area contributed by atoms with Gasteiger partial charge >= 0.3 is 0 Å². The maximum atomic E-state index is 11.9. The molecule has 0 aliphatic carbocycles. The normalized spacial score (nSPS) is 18.1. The second kappa shape index (κ2) is 4.30. The van der Waals surface area contributed by atoms with E-state index in [2.05, 4.69) is 16.4 Å². The Labute approximate surface area is 106 Å². The number of nitrogens with zero attached hydrogens (tertiary/aromatic N) is 3. The third-order valence-electron chi connectivity index (χ3n) is 3.24. The lowest BCUT2D eigenvalue weighted by atomic mass is 9.98. The monoisotopic (exact) mass is 244 g/mol. The van der Waals surface area contributed by atoms with Crippen molar-refractivity contribution in [2.75, 3.05) is 18.0 Å². The van der Waals surface area contributed by atoms with Crippen LogP contribution in [0.5, 0.6) is 0 Å². The average molecular weight is 244 g/mol. The number of rotatable bonds is 1. The van der Waals surface area contributed by atoms with Gasteiger partial charge < -0.3 is 10.2 Å². The molecule has 1 aromatic heterocycles. The molecule has 0 saturated carbocycles. The van der Waals surface area contributed by atoms with E-state index in [1.54, 1.807) is 12.1 Å². The molecule has 0 radical (unpaired) electrons. The minimum atomic E-state index is -0.690. The van der Waals surface area contributed by atoms with Crippen LogP contribution in [0.2, 0.25) is 0 Å². The Morgan fingerprint density at radius 2 is 2.22 bits per heavy atom. The van der Waals surface area contributed by atoms with Gasteiger partial charge in [0.25, 0.3) is 0 Å². The van der Waals surface area contributed by atoms with Crippen molar-refractivity contribution in [2.24, 2.45) is 0 Å². The molecule has 2 heterocycles. The van der Waals surface area contributed by atoms with E-state index in [0.29, 0.717) is 24.5 Å². The molecule has 2 rings (SSSR count). The quantitative estimate of drug-likeness (QED) is 0.799. The zero-order valence-corrected chi connectivity index (χ0v) is 10.8. The number of pyridine rings is 1. The molecule has 1 N–H and O–H groups in total. The summed E-state index contributed by atoms with van der Waals surface area (Å²) in [5.41, 5.74) is 0.652. The number of aromatic nitrogens is 1. The number of hydrogen-bond acceptors (Lipinski definition) is 4. The van der Waals surface area contributed by atoms with E-state index in [1.165, 1.54) is 0 Å². The average Bonchev–Trinajstić information content (AvgIpc) is 2.32. The van der Waals surface area contributed by atoms with E-state index in [0.717, 1.165) is 5.69 Å². The fraction of sp³-hybridized carbons (Fsp3) is 0.462. The van der Waals surface area contributed by atoms with Crippen LogP contribution in [0.4, 0.5) is 5.82 Å². The highest BCUT2D eigenvalue weighted by molar-refractivity contribution is 5.90. The Morgan fingerprint density at radius 1 is 1.50 bits per heavy atom. The highest BCUT2D eigenvalue weighted by Gasteiger charge is 2.39. The second-order valence-electron chi connectivity index (χ2n) is 4.90. The Hall–Kier alpha value is -2.09. The van der Waals surface area contributed by atoms with Crippen LogP contribution in [0.15, 0.2) is 12.1 Å². The third kappa shape index (κ3) is 1.90. The molecule has 0 spiro atoms. The molecule has 0 unspecified atom stereocenters. The van der Waals surface area contributed by atoms with Gasteiger partial charge in [0.05, 0.1) is 5.56 Å². The van der Waals surface area contributed by atoms with Crippen molar-refractivity contribution in [3.8, 4) is 6.07 Å². The minimum absolute atomic E-state index is 0.0408. The number of carbonyl (C=O) groups excluding carboxylic acids is 1. The summed E-state index contributed by atoms with van der Waals surface area (Å²) in [5.74, 6) is 0.554. The summed E-state index contributed by atoms with van der Waals surface area (Å²) >= 11 is 0. The highest BCUT2D eigenvalue weighted by Crippen LogP contribution is 2.27. The molecule has 1 saturated heterocycles. The van der Waals surface area contributed by atoms with Crippen LogP contribution in [-0.2, 0) is 4.79 Å². The molecule has 94 valence electrons. The van der Waals surface area contributed by atoms with Crippen molar-refractivity contribution < 1.29 is 4.79 Å². The Kier molecular flexibility index (Phi) is 2.95. The molecular weight excluding hydrogens is 228 g/mol. The van der Waals surface area contributed by atoms with E-state index in [9.17, 15) is 4.79 Å². The number of piperazine rings is 1. The first kappa shape index (κ1) is 12.4. The Balaban J connectivity index is 2.51. The number of hydrogen-bond donors (Lipinski definition) is 1. The predicted molar refractivity (Wildman–Crippen MR) is 68.1 cm³/mol. The number of carbonyl (C=O) groups is 1. The summed E-state index contributed by atoms with van der Waals surface area (Å²) in [6, 6.07) is 5.69. The van der Waals surface area contributed by atoms with Crippen LogP contribution in [-0.4, -0.2) is 29.5 Å². The van der Waals surface area contributed by atoms with Gasteiger partial charge in [0.15, 0.2) is 0 Å². The van der Waals surface area contributed by atoms with Gasteiger partial charge in [-0.1, -0.05) is 0 Å². The first-order valence-corrected chi connectivity index (χ1v) is 5.90. The number of anilines is 1. The smallest absolute Gasteiger partial charge is 0.245 e. The van der Waals surface area contributed by atoms with E-state index >= 15 is 0 Å². The summed E-state index contributed by atoms with van der Waals surface area (Å²) in [6.07, 6.45) is 0. The van der Waals surface area contributed by atoms with Gasteiger partial charge in [0.2, 0.25) is 5.91 Å². The lowest BCUT2D eigenvalue weighted by Crippen LogP contribution is -2.62. The van der Waals surface area contributed by atoms with Gasteiger partial charge in [0.1, 0.15) is 17.4 Å². The summed E-state index contributed by atoms with van der Waals surface area (Å²) in [7, 11) is 0. The Bertz CT molecular complexity index is 530. The molecular formula is C13H16N4O. The van der Waals surface area contributed by atoms with Gasteiger partial charge in [-0.2, -0.15) is 5.26 Å². The van der Waals surface area contributed by atoms with Crippen LogP contribution < -0.4 is 10.2 Å². The van der Waals surface area contributed by atoms with Crippen molar-refractivity contribution in [1.82, 2.24) is 10.3 Å². The lowest BCUT2D eigenvalue weighted by molar-refractivity contribution is -0.126. The molecule has 1 aromatic rings. The van der Waals surface area contributed by atoms with Crippen molar-refractivity contribution >= 4 is 11.7 Å². The molecule has 0 aromatic carbocycles. The van der Waals surface area contributed by atoms with Gasteiger partial charge in [-0.25, -0.2) is 4.98 Å². The van der Waals surface area contributed by atoms with Gasteiger partial charge in [0, 0.05) is 18.8 Å². The van der Waals surface area contributed by atoms with Crippen LogP contribution in [0.1, 0.15) is 25.1 Å². The topological polar surface area (TPSA) is 69.0 Å². The number of nitriles is 1. The fourth-order valence-electron chi connectivity index (χ4n) is 2.11. The molecule has 5 heteroatoms. The first-order chi connectivity index (χ1) is 8.46. The molecule has 0 atom stereocenters. The summed E-state index contributed by atoms with van der Waals surface area (Å²) in [6.45, 7) is 6.79. The van der Waals surface area contributed by atoms with Crippen LogP contribution in [0, 0.1) is 18.3 Å². The molecule has 1 aliphatic heterocycles. The standard InChI is InChI=1S/C13H16N4O/c1-9-4-5-10(8-14)11(16-9)17-7-6-15-12(18)13(17,2)3/h4-5H,6-7H2,1-3H3,(H,15,18).